The fourth-order valence-electron chi connectivity index (χ4n) is 9.77. The van der Waals surface area contributed by atoms with Crippen molar-refractivity contribution in [2.24, 2.45) is 0 Å². The molecule has 4 heteroatoms. The molecule has 4 nitrogen and oxygen atoms in total. The first-order chi connectivity index (χ1) is 31.7. The minimum atomic E-state index is 0.850. The molecule has 300 valence electrons. The second-order valence-electron chi connectivity index (χ2n) is 16.5. The lowest BCUT2D eigenvalue weighted by Gasteiger charge is -2.26. The summed E-state index contributed by atoms with van der Waals surface area (Å²) in [5, 5.41) is 6.90. The number of furan rings is 2. The predicted molar refractivity (Wildman–Crippen MR) is 266 cm³/mol. The molecule has 64 heavy (non-hydrogen) atoms. The van der Waals surface area contributed by atoms with Crippen LogP contribution < -0.4 is 4.90 Å². The van der Waals surface area contributed by atoms with Crippen molar-refractivity contribution in [3.63, 3.8) is 0 Å². The number of hydrogen-bond donors (Lipinski definition) is 0. The summed E-state index contributed by atoms with van der Waals surface area (Å²) in [6, 6.07) is 82.0. The molecule has 0 aliphatic heterocycles. The van der Waals surface area contributed by atoms with Crippen molar-refractivity contribution < 1.29 is 8.83 Å². The van der Waals surface area contributed by atoms with E-state index in [0.717, 1.165) is 100 Å². The van der Waals surface area contributed by atoms with E-state index < -0.39 is 0 Å². The lowest BCUT2D eigenvalue weighted by molar-refractivity contribution is 0.669. The van der Waals surface area contributed by atoms with Gasteiger partial charge in [-0.3, -0.25) is 0 Å². The maximum atomic E-state index is 6.66. The number of rotatable bonds is 7. The van der Waals surface area contributed by atoms with Crippen molar-refractivity contribution in [1.82, 2.24) is 4.57 Å². The quantitative estimate of drug-likeness (QED) is 0.161. The molecular weight excluding hydrogens is 781 g/mol. The zero-order valence-corrected chi connectivity index (χ0v) is 34.7. The van der Waals surface area contributed by atoms with Crippen LogP contribution in [-0.4, -0.2) is 4.57 Å². The molecule has 10 aromatic carbocycles. The average Bonchev–Trinajstić information content (AvgIpc) is 4.05. The number of hydrogen-bond acceptors (Lipinski definition) is 3. The molecule has 13 rings (SSSR count). The SMILES string of the molecule is c1ccc(-c2cccc3c2oc2ccc(-c4ccc(N(c5ccc(-c6ccc7c8ccccc8n(-c8ccccc8)c7c6)cc5)c5cccc6c5oc5ccccc56)cc4)cc23)cc1. The van der Waals surface area contributed by atoms with Gasteiger partial charge in [0, 0.05) is 54.9 Å². The van der Waals surface area contributed by atoms with E-state index in [9.17, 15) is 0 Å². The molecule has 0 saturated carbocycles. The number of fused-ring (bicyclic) bond motifs is 9. The second kappa shape index (κ2) is 14.5. The minimum absolute atomic E-state index is 0.850. The van der Waals surface area contributed by atoms with Crippen LogP contribution in [0.15, 0.2) is 239 Å². The fraction of sp³-hybridized carbons (Fsp3) is 0. The summed E-state index contributed by atoms with van der Waals surface area (Å²) in [5.41, 5.74) is 16.9. The van der Waals surface area contributed by atoms with Crippen LogP contribution in [0.2, 0.25) is 0 Å². The highest BCUT2D eigenvalue weighted by molar-refractivity contribution is 6.13. The number of nitrogens with zero attached hydrogens (tertiary/aromatic N) is 2. The van der Waals surface area contributed by atoms with Crippen molar-refractivity contribution in [1.29, 1.82) is 0 Å². The summed E-state index contributed by atoms with van der Waals surface area (Å²) in [5.74, 6) is 0. The molecule has 0 aliphatic rings. The van der Waals surface area contributed by atoms with Crippen LogP contribution in [0.1, 0.15) is 0 Å². The van der Waals surface area contributed by atoms with E-state index in [0.29, 0.717) is 0 Å². The summed E-state index contributed by atoms with van der Waals surface area (Å²) in [7, 11) is 0. The maximum absolute atomic E-state index is 6.66. The molecule has 0 fully saturated rings. The molecule has 0 aliphatic carbocycles. The van der Waals surface area contributed by atoms with E-state index in [1.54, 1.807) is 0 Å². The number of benzene rings is 10. The topological polar surface area (TPSA) is 34.5 Å². The number of aromatic nitrogens is 1. The Labute approximate surface area is 369 Å². The van der Waals surface area contributed by atoms with Gasteiger partial charge in [0.1, 0.15) is 16.7 Å². The Morgan fingerprint density at radius 3 is 1.62 bits per heavy atom. The third kappa shape index (κ3) is 5.77. The molecule has 0 atom stereocenters. The molecule has 0 radical (unpaired) electrons. The fourth-order valence-corrected chi connectivity index (χ4v) is 9.77. The summed E-state index contributed by atoms with van der Waals surface area (Å²) in [4.78, 5) is 2.31. The highest BCUT2D eigenvalue weighted by Crippen LogP contribution is 2.44. The standard InChI is InChI=1S/C60H38N2O2/c1-3-13-41(14-4-1)47-19-11-20-52-53-37-42(30-36-58(53)63-59(47)52)39-25-31-45(32-26-39)61(55-23-12-21-51-50-18-8-10-24-57(50)64-60(51)55)46-33-27-40(28-34-46)43-29-35-49-48-17-7-9-22-54(48)62(56(49)38-43)44-15-5-2-6-16-44/h1-38H. The normalized spacial score (nSPS) is 11.8. The smallest absolute Gasteiger partial charge is 0.159 e. The van der Waals surface area contributed by atoms with Crippen LogP contribution in [0.4, 0.5) is 17.1 Å². The van der Waals surface area contributed by atoms with Gasteiger partial charge in [0.15, 0.2) is 5.58 Å². The lowest BCUT2D eigenvalue weighted by atomic mass is 10.00. The van der Waals surface area contributed by atoms with Crippen molar-refractivity contribution >= 4 is 82.7 Å². The van der Waals surface area contributed by atoms with E-state index in [1.165, 1.54) is 21.8 Å². The van der Waals surface area contributed by atoms with Gasteiger partial charge in [-0.25, -0.2) is 0 Å². The van der Waals surface area contributed by atoms with E-state index in [-0.39, 0.29) is 0 Å². The van der Waals surface area contributed by atoms with Crippen molar-refractivity contribution in [3.05, 3.63) is 231 Å². The lowest BCUT2D eigenvalue weighted by Crippen LogP contribution is -2.10. The van der Waals surface area contributed by atoms with Gasteiger partial charge in [-0.2, -0.15) is 0 Å². The highest BCUT2D eigenvalue weighted by atomic mass is 16.3. The third-order valence-corrected chi connectivity index (χ3v) is 12.8. The Hall–Kier alpha value is -8.60. The van der Waals surface area contributed by atoms with Crippen LogP contribution in [0.3, 0.4) is 0 Å². The van der Waals surface area contributed by atoms with Gasteiger partial charge in [0.2, 0.25) is 0 Å². The molecular formula is C60H38N2O2. The number of anilines is 3. The third-order valence-electron chi connectivity index (χ3n) is 12.8. The van der Waals surface area contributed by atoms with Crippen molar-refractivity contribution in [2.75, 3.05) is 4.90 Å². The Morgan fingerprint density at radius 1 is 0.312 bits per heavy atom. The molecule has 0 bridgehead atoms. The van der Waals surface area contributed by atoms with Gasteiger partial charge in [-0.05, 0) is 101 Å². The van der Waals surface area contributed by atoms with Crippen LogP contribution in [0.5, 0.6) is 0 Å². The molecule has 0 spiro atoms. The first-order valence-corrected chi connectivity index (χ1v) is 21.7. The van der Waals surface area contributed by atoms with Crippen molar-refractivity contribution in [3.8, 4) is 39.1 Å². The molecule has 0 saturated heterocycles. The zero-order chi connectivity index (χ0) is 42.1. The van der Waals surface area contributed by atoms with E-state index >= 15 is 0 Å². The van der Waals surface area contributed by atoms with Gasteiger partial charge in [-0.1, -0.05) is 158 Å². The molecule has 3 heterocycles. The zero-order valence-electron chi connectivity index (χ0n) is 34.7. The molecule has 0 unspecified atom stereocenters. The van der Waals surface area contributed by atoms with Gasteiger partial charge in [-0.15, -0.1) is 0 Å². The van der Waals surface area contributed by atoms with E-state index in [4.69, 9.17) is 8.83 Å². The van der Waals surface area contributed by atoms with Crippen LogP contribution in [0, 0.1) is 0 Å². The van der Waals surface area contributed by atoms with Crippen LogP contribution >= 0.6 is 0 Å². The minimum Gasteiger partial charge on any atom is -0.455 e. The van der Waals surface area contributed by atoms with Gasteiger partial charge in [0.25, 0.3) is 0 Å². The summed E-state index contributed by atoms with van der Waals surface area (Å²) < 4.78 is 15.5. The first kappa shape index (κ1) is 36.1. The second-order valence-corrected chi connectivity index (χ2v) is 16.5. The van der Waals surface area contributed by atoms with Gasteiger partial charge >= 0.3 is 0 Å². The Balaban J connectivity index is 0.909. The molecule has 3 aromatic heterocycles. The Kier molecular flexibility index (Phi) is 8.18. The first-order valence-electron chi connectivity index (χ1n) is 21.7. The molecule has 13 aromatic rings. The van der Waals surface area contributed by atoms with Crippen molar-refractivity contribution in [2.45, 2.75) is 0 Å². The van der Waals surface area contributed by atoms with Crippen LogP contribution in [0.25, 0.3) is 105 Å². The van der Waals surface area contributed by atoms with E-state index in [2.05, 4.69) is 222 Å². The Bertz CT molecular complexity index is 3880. The summed E-state index contributed by atoms with van der Waals surface area (Å²) in [6.07, 6.45) is 0. The highest BCUT2D eigenvalue weighted by Gasteiger charge is 2.21. The predicted octanol–water partition coefficient (Wildman–Crippen LogP) is 17.1. The van der Waals surface area contributed by atoms with E-state index in [1.807, 2.05) is 18.2 Å². The molecule has 0 N–H and O–H groups in total. The maximum Gasteiger partial charge on any atom is 0.159 e. The summed E-state index contributed by atoms with van der Waals surface area (Å²) in [6.45, 7) is 0. The molecule has 0 amide bonds. The monoisotopic (exact) mass is 818 g/mol. The average molecular weight is 819 g/mol. The van der Waals surface area contributed by atoms with Gasteiger partial charge < -0.3 is 18.3 Å². The largest absolute Gasteiger partial charge is 0.455 e. The van der Waals surface area contributed by atoms with Crippen LogP contribution in [-0.2, 0) is 0 Å². The van der Waals surface area contributed by atoms with Gasteiger partial charge in [0.05, 0.1) is 16.7 Å². The Morgan fingerprint density at radius 2 is 0.859 bits per heavy atom. The number of para-hydroxylation sites is 5. The summed E-state index contributed by atoms with van der Waals surface area (Å²) >= 11 is 0.